The highest BCUT2D eigenvalue weighted by atomic mass is 35.5. The van der Waals surface area contributed by atoms with Crippen molar-refractivity contribution in [3.63, 3.8) is 0 Å². The number of anilines is 1. The molecule has 2 aromatic carbocycles. The lowest BCUT2D eigenvalue weighted by Gasteiger charge is -2.38. The van der Waals surface area contributed by atoms with Gasteiger partial charge in [-0.2, -0.15) is 0 Å². The maximum Gasteiger partial charge on any atom is 0.340 e. The van der Waals surface area contributed by atoms with E-state index in [0.717, 1.165) is 12.0 Å². The topological polar surface area (TPSA) is 81.5 Å². The Balaban J connectivity index is 1.83. The van der Waals surface area contributed by atoms with Crippen molar-refractivity contribution in [1.82, 2.24) is 0 Å². The third kappa shape index (κ3) is 3.03. The highest BCUT2D eigenvalue weighted by molar-refractivity contribution is 6.31. The normalized spacial score (nSPS) is 22.1. The number of benzene rings is 2. The number of non-ortho nitro benzene ring substituents is 1. The van der Waals surface area contributed by atoms with Gasteiger partial charge in [0.05, 0.1) is 28.8 Å². The van der Waals surface area contributed by atoms with Crippen LogP contribution >= 0.6 is 11.6 Å². The number of halogens is 1. The zero-order valence-electron chi connectivity index (χ0n) is 15.2. The minimum atomic E-state index is -0.426. The molecule has 6 nitrogen and oxygen atoms in total. The first-order chi connectivity index (χ1) is 13.5. The van der Waals surface area contributed by atoms with Gasteiger partial charge in [-0.05, 0) is 37.0 Å². The van der Waals surface area contributed by atoms with Crippen LogP contribution in [0.5, 0.6) is 0 Å². The first kappa shape index (κ1) is 18.5. The van der Waals surface area contributed by atoms with Gasteiger partial charge in [0.2, 0.25) is 0 Å². The summed E-state index contributed by atoms with van der Waals surface area (Å²) in [5.74, 6) is -0.133. The number of ether oxygens (including phenoxy) is 1. The number of carbonyl (C=O) groups excluding carboxylic acids is 1. The van der Waals surface area contributed by atoms with E-state index in [1.807, 2.05) is 12.1 Å². The van der Waals surface area contributed by atoms with Gasteiger partial charge in [0.25, 0.3) is 5.69 Å². The maximum atomic E-state index is 12.5. The highest BCUT2D eigenvalue weighted by Gasteiger charge is 2.40. The predicted molar refractivity (Wildman–Crippen MR) is 107 cm³/mol. The van der Waals surface area contributed by atoms with Crippen LogP contribution < -0.4 is 5.32 Å². The third-order valence-corrected chi connectivity index (χ3v) is 5.76. The molecule has 1 aliphatic carbocycles. The number of nitrogens with zero attached hydrogens (tertiary/aromatic N) is 1. The lowest BCUT2D eigenvalue weighted by molar-refractivity contribution is -0.384. The van der Waals surface area contributed by atoms with Crippen molar-refractivity contribution in [1.29, 1.82) is 0 Å². The Morgan fingerprint density at radius 1 is 1.32 bits per heavy atom. The van der Waals surface area contributed by atoms with Crippen LogP contribution in [0.15, 0.2) is 48.6 Å². The molecule has 2 aliphatic rings. The maximum absolute atomic E-state index is 12.5. The smallest absolute Gasteiger partial charge is 0.340 e. The van der Waals surface area contributed by atoms with Crippen molar-refractivity contribution in [3.8, 4) is 0 Å². The van der Waals surface area contributed by atoms with Crippen LogP contribution in [0, 0.1) is 16.0 Å². The molecule has 144 valence electrons. The monoisotopic (exact) mass is 398 g/mol. The van der Waals surface area contributed by atoms with E-state index < -0.39 is 10.9 Å². The van der Waals surface area contributed by atoms with Crippen molar-refractivity contribution in [2.24, 2.45) is 5.92 Å². The fourth-order valence-corrected chi connectivity index (χ4v) is 4.43. The van der Waals surface area contributed by atoms with Crippen LogP contribution in [-0.4, -0.2) is 17.5 Å². The van der Waals surface area contributed by atoms with Gasteiger partial charge in [0.1, 0.15) is 0 Å². The molecule has 1 aliphatic heterocycles. The molecule has 0 bridgehead atoms. The van der Waals surface area contributed by atoms with Crippen molar-refractivity contribution in [2.45, 2.75) is 25.3 Å². The molecular weight excluding hydrogens is 380 g/mol. The zero-order valence-corrected chi connectivity index (χ0v) is 16.0. The van der Waals surface area contributed by atoms with Gasteiger partial charge in [-0.1, -0.05) is 35.9 Å². The fraction of sp³-hybridized carbons (Fsp3) is 0.286. The SMILES string of the molecule is CCOC(=O)c1cccc2c1N[C@H](c1cc([N+](=O)[O-])ccc1Cl)[C@H]1CC=C[C@H]21. The largest absolute Gasteiger partial charge is 0.462 e. The van der Waals surface area contributed by atoms with E-state index in [4.69, 9.17) is 16.3 Å². The molecule has 7 heteroatoms. The average Bonchev–Trinajstić information content (AvgIpc) is 3.17. The van der Waals surface area contributed by atoms with Crippen molar-refractivity contribution in [2.75, 3.05) is 11.9 Å². The van der Waals surface area contributed by atoms with E-state index in [-0.39, 0.29) is 30.2 Å². The molecule has 0 saturated heterocycles. The summed E-state index contributed by atoms with van der Waals surface area (Å²) in [6, 6.07) is 9.82. The molecule has 0 spiro atoms. The number of esters is 1. The molecular formula is C21H19ClN2O4. The molecule has 3 atom stereocenters. The lowest BCUT2D eigenvalue weighted by atomic mass is 9.76. The van der Waals surface area contributed by atoms with Crippen LogP contribution in [-0.2, 0) is 4.74 Å². The summed E-state index contributed by atoms with van der Waals surface area (Å²) in [7, 11) is 0. The molecule has 4 rings (SSSR count). The molecule has 1 N–H and O–H groups in total. The molecule has 0 amide bonds. The summed E-state index contributed by atoms with van der Waals surface area (Å²) in [6.45, 7) is 2.05. The highest BCUT2D eigenvalue weighted by Crippen LogP contribution is 2.51. The van der Waals surface area contributed by atoms with Crippen LogP contribution in [0.2, 0.25) is 5.02 Å². The standard InChI is InChI=1S/C21H19ClN2O4/c1-2-28-21(25)16-8-4-7-14-13-5-3-6-15(13)20(23-19(14)16)17-11-12(24(26)27)9-10-18(17)22/h3-5,7-11,13,15,20,23H,2,6H2,1H3/t13-,15+,20+/m1/s1. The van der Waals surface area contributed by atoms with Crippen LogP contribution in [0.3, 0.4) is 0 Å². The first-order valence-corrected chi connectivity index (χ1v) is 9.56. The number of allylic oxidation sites excluding steroid dienone is 2. The number of fused-ring (bicyclic) bond motifs is 3. The quantitative estimate of drug-likeness (QED) is 0.329. The van der Waals surface area contributed by atoms with E-state index in [2.05, 4.69) is 17.5 Å². The Labute approximate surface area is 167 Å². The second-order valence-corrected chi connectivity index (χ2v) is 7.34. The Kier molecular flexibility index (Phi) is 4.81. The number of nitrogens with one attached hydrogen (secondary N) is 1. The molecule has 2 aromatic rings. The molecule has 0 fully saturated rings. The van der Waals surface area contributed by atoms with Gasteiger partial charge in [-0.3, -0.25) is 10.1 Å². The average molecular weight is 399 g/mol. The summed E-state index contributed by atoms with van der Waals surface area (Å²) in [6.07, 6.45) is 5.07. The van der Waals surface area contributed by atoms with Gasteiger partial charge in [-0.25, -0.2) is 4.79 Å². The zero-order chi connectivity index (χ0) is 19.8. The van der Waals surface area contributed by atoms with Crippen LogP contribution in [0.1, 0.15) is 46.8 Å². The molecule has 28 heavy (non-hydrogen) atoms. The van der Waals surface area contributed by atoms with Gasteiger partial charge >= 0.3 is 5.97 Å². The number of nitro benzene ring substituents is 1. The predicted octanol–water partition coefficient (Wildman–Crippen LogP) is 5.25. The van der Waals surface area contributed by atoms with Crippen molar-refractivity contribution >= 4 is 28.9 Å². The van der Waals surface area contributed by atoms with Gasteiger partial charge in [0, 0.05) is 28.6 Å². The first-order valence-electron chi connectivity index (χ1n) is 9.18. The number of hydrogen-bond donors (Lipinski definition) is 1. The summed E-state index contributed by atoms with van der Waals surface area (Å²) in [5.41, 5.74) is 2.86. The van der Waals surface area contributed by atoms with E-state index in [1.54, 1.807) is 19.1 Å². The number of carbonyl (C=O) groups is 1. The Morgan fingerprint density at radius 3 is 2.89 bits per heavy atom. The molecule has 0 aromatic heterocycles. The Bertz CT molecular complexity index is 988. The molecule has 0 saturated carbocycles. The van der Waals surface area contributed by atoms with E-state index in [1.165, 1.54) is 12.1 Å². The van der Waals surface area contributed by atoms with Crippen LogP contribution in [0.25, 0.3) is 0 Å². The number of nitro groups is 1. The number of rotatable bonds is 4. The summed E-state index contributed by atoms with van der Waals surface area (Å²) >= 11 is 6.43. The second-order valence-electron chi connectivity index (χ2n) is 6.93. The molecule has 1 heterocycles. The second kappa shape index (κ2) is 7.28. The van der Waals surface area contributed by atoms with E-state index >= 15 is 0 Å². The summed E-state index contributed by atoms with van der Waals surface area (Å²) < 4.78 is 5.21. The minimum absolute atomic E-state index is 0.00631. The Hall–Kier alpha value is -2.86. The van der Waals surface area contributed by atoms with E-state index in [0.29, 0.717) is 21.8 Å². The molecule has 0 unspecified atom stereocenters. The van der Waals surface area contributed by atoms with Gasteiger partial charge in [-0.15, -0.1) is 0 Å². The van der Waals surface area contributed by atoms with Crippen molar-refractivity contribution < 1.29 is 14.5 Å². The molecule has 0 radical (unpaired) electrons. The minimum Gasteiger partial charge on any atom is -0.462 e. The van der Waals surface area contributed by atoms with Gasteiger partial charge < -0.3 is 10.1 Å². The Morgan fingerprint density at radius 2 is 2.14 bits per heavy atom. The summed E-state index contributed by atoms with van der Waals surface area (Å²) in [4.78, 5) is 23.3. The summed E-state index contributed by atoms with van der Waals surface area (Å²) in [5, 5.41) is 15.2. The third-order valence-electron chi connectivity index (χ3n) is 5.42. The van der Waals surface area contributed by atoms with E-state index in [9.17, 15) is 14.9 Å². The fourth-order valence-electron chi connectivity index (χ4n) is 4.19. The number of hydrogen-bond acceptors (Lipinski definition) is 5. The van der Waals surface area contributed by atoms with Gasteiger partial charge in [0.15, 0.2) is 0 Å². The van der Waals surface area contributed by atoms with Crippen molar-refractivity contribution in [3.05, 3.63) is 80.4 Å². The lowest BCUT2D eigenvalue weighted by Crippen LogP contribution is -2.30. The van der Waals surface area contributed by atoms with Crippen LogP contribution in [0.4, 0.5) is 11.4 Å². The number of para-hydroxylation sites is 1.